The van der Waals surface area contributed by atoms with Crippen LogP contribution in [-0.4, -0.2) is 36.3 Å². The summed E-state index contributed by atoms with van der Waals surface area (Å²) in [5, 5.41) is 1.16. The number of aromatic amines is 1. The van der Waals surface area contributed by atoms with E-state index in [-0.39, 0.29) is 0 Å². The Morgan fingerprint density at radius 1 is 1.33 bits per heavy atom. The van der Waals surface area contributed by atoms with Gasteiger partial charge in [-0.1, -0.05) is 0 Å². The van der Waals surface area contributed by atoms with Crippen LogP contribution in [0.5, 0.6) is 0 Å². The van der Waals surface area contributed by atoms with Crippen molar-refractivity contribution in [2.24, 2.45) is 0 Å². The van der Waals surface area contributed by atoms with E-state index in [2.05, 4.69) is 20.9 Å². The topological polar surface area (TPSA) is 41.2 Å². The molecule has 0 spiro atoms. The number of anilines is 1. The number of pyridine rings is 1. The monoisotopic (exact) mass is 203 g/mol. The minimum Gasteiger partial charge on any atom is -0.378 e. The summed E-state index contributed by atoms with van der Waals surface area (Å²) in [5.41, 5.74) is 1.14. The van der Waals surface area contributed by atoms with Crippen molar-refractivity contribution in [3.8, 4) is 0 Å². The first-order valence-corrected chi connectivity index (χ1v) is 5.19. The van der Waals surface area contributed by atoms with Gasteiger partial charge in [-0.3, -0.25) is 0 Å². The third-order valence-corrected chi connectivity index (χ3v) is 2.76. The van der Waals surface area contributed by atoms with Gasteiger partial charge in [0, 0.05) is 36.9 Å². The molecule has 0 bridgehead atoms. The summed E-state index contributed by atoms with van der Waals surface area (Å²) in [4.78, 5) is 9.91. The summed E-state index contributed by atoms with van der Waals surface area (Å²) >= 11 is 0. The van der Waals surface area contributed by atoms with Gasteiger partial charge in [-0.25, -0.2) is 4.98 Å². The van der Waals surface area contributed by atoms with Gasteiger partial charge >= 0.3 is 0 Å². The van der Waals surface area contributed by atoms with Gasteiger partial charge in [-0.2, -0.15) is 0 Å². The highest BCUT2D eigenvalue weighted by molar-refractivity contribution is 5.80. The molecule has 1 aliphatic heterocycles. The summed E-state index contributed by atoms with van der Waals surface area (Å²) in [6.07, 6.45) is 3.85. The largest absolute Gasteiger partial charge is 0.378 e. The van der Waals surface area contributed by atoms with Gasteiger partial charge in [0.15, 0.2) is 0 Å². The van der Waals surface area contributed by atoms with E-state index in [4.69, 9.17) is 4.74 Å². The van der Waals surface area contributed by atoms with Gasteiger partial charge in [0.1, 0.15) is 5.82 Å². The Bertz CT molecular complexity index is 460. The van der Waals surface area contributed by atoms with Gasteiger partial charge < -0.3 is 14.6 Å². The molecule has 0 amide bonds. The average Bonchev–Trinajstić information content (AvgIpc) is 2.77. The molecular formula is C11H13N3O. The second-order valence-corrected chi connectivity index (χ2v) is 3.71. The maximum atomic E-state index is 5.32. The second-order valence-electron chi connectivity index (χ2n) is 3.71. The number of rotatable bonds is 1. The van der Waals surface area contributed by atoms with E-state index >= 15 is 0 Å². The zero-order valence-electron chi connectivity index (χ0n) is 8.44. The number of nitrogens with one attached hydrogen (secondary N) is 1. The highest BCUT2D eigenvalue weighted by atomic mass is 16.5. The van der Waals surface area contributed by atoms with Crippen molar-refractivity contribution in [2.75, 3.05) is 31.2 Å². The Hall–Kier alpha value is -1.55. The highest BCUT2D eigenvalue weighted by Gasteiger charge is 2.12. The zero-order valence-corrected chi connectivity index (χ0v) is 8.44. The normalized spacial score (nSPS) is 17.2. The number of H-pyrrole nitrogens is 1. The lowest BCUT2D eigenvalue weighted by Gasteiger charge is -2.27. The maximum absolute atomic E-state index is 5.32. The molecule has 3 rings (SSSR count). The summed E-state index contributed by atoms with van der Waals surface area (Å²) in [5.74, 6) is 1.04. The summed E-state index contributed by atoms with van der Waals surface area (Å²) < 4.78 is 5.32. The number of fused-ring (bicyclic) bond motifs is 1. The fraction of sp³-hybridized carbons (Fsp3) is 0.364. The van der Waals surface area contributed by atoms with Crippen LogP contribution >= 0.6 is 0 Å². The first-order chi connectivity index (χ1) is 7.43. The predicted molar refractivity (Wildman–Crippen MR) is 59.1 cm³/mol. The van der Waals surface area contributed by atoms with Crippen LogP contribution in [-0.2, 0) is 4.74 Å². The van der Waals surface area contributed by atoms with Crippen LogP contribution in [0.15, 0.2) is 24.5 Å². The Balaban J connectivity index is 1.95. The standard InChI is InChI=1S/C11H13N3O/c1-2-12-10-7-11(13-8-9(1)10)14-3-5-15-6-4-14/h1-2,7-8,12H,3-6H2. The van der Waals surface area contributed by atoms with E-state index in [1.165, 1.54) is 0 Å². The molecule has 3 heterocycles. The maximum Gasteiger partial charge on any atom is 0.130 e. The van der Waals surface area contributed by atoms with Crippen molar-refractivity contribution in [3.05, 3.63) is 24.5 Å². The third-order valence-electron chi connectivity index (χ3n) is 2.76. The fourth-order valence-corrected chi connectivity index (χ4v) is 1.90. The molecule has 1 aliphatic rings. The number of hydrogen-bond donors (Lipinski definition) is 1. The Morgan fingerprint density at radius 2 is 2.20 bits per heavy atom. The van der Waals surface area contributed by atoms with Crippen LogP contribution in [0.2, 0.25) is 0 Å². The smallest absolute Gasteiger partial charge is 0.130 e. The minimum absolute atomic E-state index is 0.796. The van der Waals surface area contributed by atoms with Crippen LogP contribution in [0.3, 0.4) is 0 Å². The van der Waals surface area contributed by atoms with Crippen LogP contribution in [0, 0.1) is 0 Å². The second kappa shape index (κ2) is 3.55. The van der Waals surface area contributed by atoms with E-state index in [1.807, 2.05) is 18.5 Å². The molecular weight excluding hydrogens is 190 g/mol. The number of ether oxygens (including phenoxy) is 1. The molecule has 0 saturated carbocycles. The summed E-state index contributed by atoms with van der Waals surface area (Å²) in [7, 11) is 0. The predicted octanol–water partition coefficient (Wildman–Crippen LogP) is 1.40. The third kappa shape index (κ3) is 1.57. The van der Waals surface area contributed by atoms with E-state index in [0.29, 0.717) is 0 Å². The lowest BCUT2D eigenvalue weighted by molar-refractivity contribution is 0.122. The molecule has 0 atom stereocenters. The molecule has 78 valence electrons. The van der Waals surface area contributed by atoms with E-state index < -0.39 is 0 Å². The van der Waals surface area contributed by atoms with Crippen molar-refractivity contribution in [1.29, 1.82) is 0 Å². The molecule has 2 aromatic heterocycles. The quantitative estimate of drug-likeness (QED) is 0.761. The van der Waals surface area contributed by atoms with Crippen LogP contribution in [0.1, 0.15) is 0 Å². The molecule has 15 heavy (non-hydrogen) atoms. The molecule has 0 radical (unpaired) electrons. The number of aromatic nitrogens is 2. The molecule has 4 heteroatoms. The highest BCUT2D eigenvalue weighted by Crippen LogP contribution is 2.18. The van der Waals surface area contributed by atoms with Gasteiger partial charge in [0.2, 0.25) is 0 Å². The van der Waals surface area contributed by atoms with Crippen molar-refractivity contribution in [1.82, 2.24) is 9.97 Å². The van der Waals surface area contributed by atoms with Gasteiger partial charge in [0.25, 0.3) is 0 Å². The van der Waals surface area contributed by atoms with Crippen LogP contribution < -0.4 is 4.90 Å². The van der Waals surface area contributed by atoms with E-state index in [0.717, 1.165) is 43.0 Å². The fourth-order valence-electron chi connectivity index (χ4n) is 1.90. The first kappa shape index (κ1) is 8.73. The van der Waals surface area contributed by atoms with Crippen molar-refractivity contribution >= 4 is 16.7 Å². The molecule has 1 N–H and O–H groups in total. The Labute approximate surface area is 87.9 Å². The lowest BCUT2D eigenvalue weighted by atomic mass is 10.3. The number of morpholine rings is 1. The molecule has 0 aromatic carbocycles. The molecule has 0 aliphatic carbocycles. The SMILES string of the molecule is c1cc2cnc(N3CCOCC3)cc2[nH]1. The minimum atomic E-state index is 0.796. The average molecular weight is 203 g/mol. The van der Waals surface area contributed by atoms with Crippen LogP contribution in [0.4, 0.5) is 5.82 Å². The molecule has 4 nitrogen and oxygen atoms in total. The van der Waals surface area contributed by atoms with E-state index in [9.17, 15) is 0 Å². The van der Waals surface area contributed by atoms with E-state index in [1.54, 1.807) is 0 Å². The first-order valence-electron chi connectivity index (χ1n) is 5.19. The summed E-state index contributed by atoms with van der Waals surface area (Å²) in [6, 6.07) is 4.13. The van der Waals surface area contributed by atoms with Crippen molar-refractivity contribution in [2.45, 2.75) is 0 Å². The Kier molecular flexibility index (Phi) is 2.07. The van der Waals surface area contributed by atoms with Gasteiger partial charge in [-0.05, 0) is 6.07 Å². The van der Waals surface area contributed by atoms with Crippen molar-refractivity contribution in [3.63, 3.8) is 0 Å². The lowest BCUT2D eigenvalue weighted by Crippen LogP contribution is -2.36. The molecule has 1 saturated heterocycles. The van der Waals surface area contributed by atoms with Crippen LogP contribution in [0.25, 0.3) is 10.9 Å². The van der Waals surface area contributed by atoms with Crippen molar-refractivity contribution < 1.29 is 4.74 Å². The van der Waals surface area contributed by atoms with Gasteiger partial charge in [0.05, 0.1) is 18.7 Å². The number of nitrogens with zero attached hydrogens (tertiary/aromatic N) is 2. The van der Waals surface area contributed by atoms with Gasteiger partial charge in [-0.15, -0.1) is 0 Å². The summed E-state index contributed by atoms with van der Waals surface area (Å²) in [6.45, 7) is 3.45. The Morgan fingerprint density at radius 3 is 3.07 bits per heavy atom. The molecule has 1 fully saturated rings. The molecule has 0 unspecified atom stereocenters. The zero-order chi connectivity index (χ0) is 10.1. The molecule has 2 aromatic rings. The number of hydrogen-bond acceptors (Lipinski definition) is 3.